The number of hydrogen-bond donors (Lipinski definition) is 0. The minimum atomic E-state index is 0.178. The lowest BCUT2D eigenvalue weighted by molar-refractivity contribution is -0.130. The number of carbonyl (C=O) groups excluding carboxylic acids is 1. The molecule has 0 aromatic carbocycles. The molecule has 0 unspecified atom stereocenters. The SMILES string of the molecule is CC(=O)N1CCC(Cc2cncc(-c3cccnc3)n2)CC1. The fraction of sp³-hybridized carbons (Fsp3) is 0.412. The second-order valence-electron chi connectivity index (χ2n) is 5.79. The van der Waals surface area contributed by atoms with Crippen LogP contribution in [0.2, 0.25) is 0 Å². The van der Waals surface area contributed by atoms with E-state index in [0.29, 0.717) is 5.92 Å². The molecule has 1 fully saturated rings. The quantitative estimate of drug-likeness (QED) is 0.872. The molecular weight excluding hydrogens is 276 g/mol. The van der Waals surface area contributed by atoms with E-state index in [1.54, 1.807) is 25.5 Å². The van der Waals surface area contributed by atoms with E-state index in [1.807, 2.05) is 23.2 Å². The molecular formula is C17H20N4O. The van der Waals surface area contributed by atoms with Crippen LogP contribution >= 0.6 is 0 Å². The molecule has 1 aliphatic heterocycles. The van der Waals surface area contributed by atoms with Crippen molar-refractivity contribution in [2.24, 2.45) is 5.92 Å². The summed E-state index contributed by atoms with van der Waals surface area (Å²) in [6.45, 7) is 3.36. The van der Waals surface area contributed by atoms with Crippen LogP contribution in [0.3, 0.4) is 0 Å². The first-order chi connectivity index (χ1) is 10.7. The number of hydrogen-bond acceptors (Lipinski definition) is 4. The normalized spacial score (nSPS) is 15.8. The molecule has 1 saturated heterocycles. The lowest BCUT2D eigenvalue weighted by atomic mass is 9.92. The second kappa shape index (κ2) is 6.64. The van der Waals surface area contributed by atoms with Crippen LogP contribution in [0.25, 0.3) is 11.3 Å². The number of aromatic nitrogens is 3. The highest BCUT2D eigenvalue weighted by Crippen LogP contribution is 2.22. The third-order valence-electron chi connectivity index (χ3n) is 4.20. The van der Waals surface area contributed by atoms with Crippen molar-refractivity contribution in [3.8, 4) is 11.3 Å². The van der Waals surface area contributed by atoms with Crippen LogP contribution in [-0.4, -0.2) is 38.8 Å². The van der Waals surface area contributed by atoms with Gasteiger partial charge in [-0.05, 0) is 37.3 Å². The molecule has 1 aliphatic rings. The Labute approximate surface area is 130 Å². The van der Waals surface area contributed by atoms with Crippen LogP contribution in [0.1, 0.15) is 25.5 Å². The van der Waals surface area contributed by atoms with E-state index in [4.69, 9.17) is 4.98 Å². The van der Waals surface area contributed by atoms with E-state index < -0.39 is 0 Å². The van der Waals surface area contributed by atoms with Gasteiger partial charge in [0.1, 0.15) is 0 Å². The van der Waals surface area contributed by atoms with Crippen LogP contribution in [0.15, 0.2) is 36.9 Å². The zero-order valence-corrected chi connectivity index (χ0v) is 12.8. The highest BCUT2D eigenvalue weighted by Gasteiger charge is 2.21. The molecule has 0 atom stereocenters. The molecule has 114 valence electrons. The Morgan fingerprint density at radius 3 is 2.73 bits per heavy atom. The smallest absolute Gasteiger partial charge is 0.219 e. The summed E-state index contributed by atoms with van der Waals surface area (Å²) >= 11 is 0. The molecule has 0 bridgehead atoms. The predicted molar refractivity (Wildman–Crippen MR) is 83.9 cm³/mol. The van der Waals surface area contributed by atoms with Gasteiger partial charge in [0.25, 0.3) is 0 Å². The third-order valence-corrected chi connectivity index (χ3v) is 4.20. The van der Waals surface area contributed by atoms with Crippen molar-refractivity contribution in [1.29, 1.82) is 0 Å². The molecule has 22 heavy (non-hydrogen) atoms. The van der Waals surface area contributed by atoms with Gasteiger partial charge >= 0.3 is 0 Å². The van der Waals surface area contributed by atoms with Crippen LogP contribution in [-0.2, 0) is 11.2 Å². The van der Waals surface area contributed by atoms with E-state index >= 15 is 0 Å². The molecule has 5 nitrogen and oxygen atoms in total. The predicted octanol–water partition coefficient (Wildman–Crippen LogP) is 2.34. The lowest BCUT2D eigenvalue weighted by Gasteiger charge is -2.31. The summed E-state index contributed by atoms with van der Waals surface area (Å²) in [5.74, 6) is 0.755. The number of nitrogens with zero attached hydrogens (tertiary/aromatic N) is 4. The van der Waals surface area contributed by atoms with Crippen LogP contribution < -0.4 is 0 Å². The Balaban J connectivity index is 1.66. The largest absolute Gasteiger partial charge is 0.343 e. The van der Waals surface area contributed by atoms with Crippen LogP contribution in [0, 0.1) is 5.92 Å². The number of likely N-dealkylation sites (tertiary alicyclic amines) is 1. The standard InChI is InChI=1S/C17H20N4O/c1-13(22)21-7-4-14(5-8-21)9-16-11-19-12-17(20-16)15-3-2-6-18-10-15/h2-3,6,10-12,14H,4-5,7-9H2,1H3. The summed E-state index contributed by atoms with van der Waals surface area (Å²) < 4.78 is 0. The second-order valence-corrected chi connectivity index (χ2v) is 5.79. The van der Waals surface area contributed by atoms with Gasteiger partial charge in [-0.2, -0.15) is 0 Å². The van der Waals surface area contributed by atoms with Gasteiger partial charge in [-0.3, -0.25) is 14.8 Å². The first kappa shape index (κ1) is 14.6. The Morgan fingerprint density at radius 1 is 1.23 bits per heavy atom. The first-order valence-electron chi connectivity index (χ1n) is 7.69. The summed E-state index contributed by atoms with van der Waals surface area (Å²) in [6, 6.07) is 3.90. The van der Waals surface area contributed by atoms with Gasteiger partial charge in [-0.25, -0.2) is 4.98 Å². The van der Waals surface area contributed by atoms with E-state index in [-0.39, 0.29) is 5.91 Å². The van der Waals surface area contributed by atoms with Crippen molar-refractivity contribution in [2.45, 2.75) is 26.2 Å². The number of piperidine rings is 1. The molecule has 0 N–H and O–H groups in total. The van der Waals surface area contributed by atoms with Crippen LogP contribution in [0.5, 0.6) is 0 Å². The van der Waals surface area contributed by atoms with Crippen molar-refractivity contribution < 1.29 is 4.79 Å². The number of amides is 1. The van der Waals surface area contributed by atoms with Crippen molar-refractivity contribution in [3.63, 3.8) is 0 Å². The summed E-state index contributed by atoms with van der Waals surface area (Å²) in [5.41, 5.74) is 2.87. The molecule has 3 rings (SSSR count). The fourth-order valence-corrected chi connectivity index (χ4v) is 2.91. The average Bonchev–Trinajstić information content (AvgIpc) is 2.56. The van der Waals surface area contributed by atoms with Gasteiger partial charge in [-0.1, -0.05) is 0 Å². The number of rotatable bonds is 3. The van der Waals surface area contributed by atoms with Crippen molar-refractivity contribution in [3.05, 3.63) is 42.6 Å². The Bertz CT molecular complexity index is 636. The third kappa shape index (κ3) is 3.47. The van der Waals surface area contributed by atoms with E-state index in [9.17, 15) is 4.79 Å². The van der Waals surface area contributed by atoms with Crippen molar-refractivity contribution >= 4 is 5.91 Å². The summed E-state index contributed by atoms with van der Waals surface area (Å²) in [4.78, 5) is 26.4. The molecule has 1 amide bonds. The zero-order chi connectivity index (χ0) is 15.4. The van der Waals surface area contributed by atoms with Gasteiger partial charge in [0.05, 0.1) is 17.6 Å². The summed E-state index contributed by atoms with van der Waals surface area (Å²) in [5, 5.41) is 0. The molecule has 2 aromatic rings. The Hall–Kier alpha value is -2.30. The van der Waals surface area contributed by atoms with Gasteiger partial charge < -0.3 is 4.90 Å². The molecule has 0 saturated carbocycles. The van der Waals surface area contributed by atoms with Gasteiger partial charge in [0.15, 0.2) is 0 Å². The Morgan fingerprint density at radius 2 is 2.05 bits per heavy atom. The van der Waals surface area contributed by atoms with E-state index in [1.165, 1.54) is 0 Å². The highest BCUT2D eigenvalue weighted by molar-refractivity contribution is 5.73. The molecule has 3 heterocycles. The fourth-order valence-electron chi connectivity index (χ4n) is 2.91. The molecule has 5 heteroatoms. The van der Waals surface area contributed by atoms with Gasteiger partial charge in [0.2, 0.25) is 5.91 Å². The summed E-state index contributed by atoms with van der Waals surface area (Å²) in [7, 11) is 0. The van der Waals surface area contributed by atoms with Gasteiger partial charge in [0, 0.05) is 44.2 Å². The van der Waals surface area contributed by atoms with E-state index in [0.717, 1.165) is 49.3 Å². The topological polar surface area (TPSA) is 59.0 Å². The van der Waals surface area contributed by atoms with E-state index in [2.05, 4.69) is 9.97 Å². The molecule has 2 aromatic heterocycles. The van der Waals surface area contributed by atoms with Gasteiger partial charge in [-0.15, -0.1) is 0 Å². The van der Waals surface area contributed by atoms with Crippen molar-refractivity contribution in [2.75, 3.05) is 13.1 Å². The number of pyridine rings is 1. The average molecular weight is 296 g/mol. The van der Waals surface area contributed by atoms with Crippen molar-refractivity contribution in [1.82, 2.24) is 19.9 Å². The molecule has 0 spiro atoms. The summed E-state index contributed by atoms with van der Waals surface area (Å²) in [6.07, 6.45) is 10.2. The molecule has 0 aliphatic carbocycles. The number of carbonyl (C=O) groups is 1. The highest BCUT2D eigenvalue weighted by atomic mass is 16.2. The lowest BCUT2D eigenvalue weighted by Crippen LogP contribution is -2.37. The Kier molecular flexibility index (Phi) is 4.42. The minimum absolute atomic E-state index is 0.178. The zero-order valence-electron chi connectivity index (χ0n) is 12.8. The first-order valence-corrected chi connectivity index (χ1v) is 7.69. The minimum Gasteiger partial charge on any atom is -0.343 e. The maximum atomic E-state index is 11.4. The van der Waals surface area contributed by atoms with Crippen LogP contribution in [0.4, 0.5) is 0 Å². The maximum absolute atomic E-state index is 11.4. The molecule has 0 radical (unpaired) electrons. The monoisotopic (exact) mass is 296 g/mol. The maximum Gasteiger partial charge on any atom is 0.219 e.